The zero-order chi connectivity index (χ0) is 85.3. The molecule has 0 bridgehead atoms. The molecule has 2 heteroatoms. The van der Waals surface area contributed by atoms with Gasteiger partial charge in [-0.2, -0.15) is 0 Å². The third kappa shape index (κ3) is 12.8. The topological polar surface area (TPSA) is 6.48 Å². The van der Waals surface area contributed by atoms with Crippen molar-refractivity contribution in [2.24, 2.45) is 0 Å². The average Bonchev–Trinajstić information content (AvgIpc) is 1.56. The molecule has 2 nitrogen and oxygen atoms in total. The van der Waals surface area contributed by atoms with E-state index in [-0.39, 0.29) is 10.8 Å². The Labute approximate surface area is 747 Å². The molecule has 22 aromatic rings. The largest absolute Gasteiger partial charge is 0.310 e. The molecule has 0 spiro atoms. The number of nitrogens with zero attached hydrogens (tertiary/aromatic N) is 2. The van der Waals surface area contributed by atoms with E-state index in [1.54, 1.807) is 0 Å². The van der Waals surface area contributed by atoms with Crippen molar-refractivity contribution >= 4 is 98.8 Å². The van der Waals surface area contributed by atoms with Crippen molar-refractivity contribution in [3.05, 3.63) is 483 Å². The van der Waals surface area contributed by atoms with Crippen LogP contribution in [-0.4, -0.2) is 0 Å². The molecule has 0 aromatic heterocycles. The summed E-state index contributed by atoms with van der Waals surface area (Å²) in [6, 6.07) is 173. The van der Waals surface area contributed by atoms with Crippen molar-refractivity contribution < 1.29 is 0 Å². The zero-order valence-electron chi connectivity index (χ0n) is 71.8. The Morgan fingerprint density at radius 3 is 0.984 bits per heavy atom. The lowest BCUT2D eigenvalue weighted by atomic mass is 9.81. The molecule has 602 valence electrons. The number of hydrogen-bond acceptors (Lipinski definition) is 2. The van der Waals surface area contributed by atoms with Gasteiger partial charge in [-0.1, -0.05) is 380 Å². The highest BCUT2D eigenvalue weighted by Gasteiger charge is 2.39. The quantitative estimate of drug-likeness (QED) is 0.0944. The Morgan fingerprint density at radius 1 is 0.141 bits per heavy atom. The van der Waals surface area contributed by atoms with Crippen molar-refractivity contribution in [1.29, 1.82) is 0 Å². The molecule has 0 radical (unpaired) electrons. The standard InChI is InChI=1S/C126H88N2/c1-125(2)119-77-95(116-74-92-33-13-15-39-102(92)106-42-17-19-44-110(106)116)57-66-112(119)114-68-64-99(79-121(114)125)127(123-50-22-21-41-105(123)90-37-23-35-87(72-90)81-27-7-5-8-28-81)98-62-55-85(56-63-98)101-46-25-49-109-104(47-26-48-108(101)109)94-59-70-124(118(76-94)91-38-24-36-88(73-91)82-29-9-6-10-30-82)128(97-60-53-84(54-61-97)89-52-51-83-31-11-12-32-86(83)71-89)100-65-69-115-113-67-58-96(78-120(113)126(3,4)122(115)80-100)117-75-93-34-14-16-40-103(93)107-43-18-20-45-111(107)117/h5-80H,1-4H3. The van der Waals surface area contributed by atoms with Gasteiger partial charge in [0, 0.05) is 44.7 Å². The van der Waals surface area contributed by atoms with Gasteiger partial charge in [0.25, 0.3) is 0 Å². The van der Waals surface area contributed by atoms with Crippen LogP contribution in [0.25, 0.3) is 187 Å². The Hall–Kier alpha value is -16.0. The second kappa shape index (κ2) is 30.5. The van der Waals surface area contributed by atoms with E-state index in [0.717, 1.165) is 84.2 Å². The van der Waals surface area contributed by atoms with Crippen molar-refractivity contribution in [2.75, 3.05) is 9.80 Å². The predicted octanol–water partition coefficient (Wildman–Crippen LogP) is 35.2. The fourth-order valence-corrected chi connectivity index (χ4v) is 21.3. The number of anilines is 6. The maximum Gasteiger partial charge on any atom is 0.0540 e. The van der Waals surface area contributed by atoms with Crippen molar-refractivity contribution in [2.45, 2.75) is 38.5 Å². The van der Waals surface area contributed by atoms with Crippen LogP contribution in [0.4, 0.5) is 34.1 Å². The van der Waals surface area contributed by atoms with E-state index in [4.69, 9.17) is 0 Å². The third-order valence-corrected chi connectivity index (χ3v) is 27.8. The number of fused-ring (bicyclic) bond motifs is 14. The first-order valence-corrected chi connectivity index (χ1v) is 44.7. The van der Waals surface area contributed by atoms with E-state index in [1.165, 1.54) is 159 Å². The van der Waals surface area contributed by atoms with E-state index in [0.29, 0.717) is 0 Å². The Balaban J connectivity index is 0.626. The van der Waals surface area contributed by atoms with Gasteiger partial charge >= 0.3 is 0 Å². The molecule has 24 rings (SSSR count). The van der Waals surface area contributed by atoms with Gasteiger partial charge in [-0.15, -0.1) is 0 Å². The maximum atomic E-state index is 2.52. The minimum atomic E-state index is -0.345. The molecule has 22 aromatic carbocycles. The van der Waals surface area contributed by atoms with Gasteiger partial charge in [0.2, 0.25) is 0 Å². The molecule has 0 fully saturated rings. The molecular formula is C126H88N2. The Kier molecular flexibility index (Phi) is 18.0. The summed E-state index contributed by atoms with van der Waals surface area (Å²) in [6.45, 7) is 9.68. The van der Waals surface area contributed by atoms with Gasteiger partial charge in [-0.25, -0.2) is 0 Å². The SMILES string of the molecule is CC1(C)c2cc(-c3cc4ccccc4c4ccccc34)ccc2-c2ccc(N(c3ccc(-c4cccc5c(-c6ccc(N(c7ccc(-c8ccc9ccccc9c8)cc7)c7ccc8c(c7)C(C)(C)c7cc(-c9cc%10ccccc%10c%10ccccc9%10)ccc7-8)c(-c7cccc(-c8ccccc8)c7)c6)cccc45)cc3)c3ccccc3-c3cccc(-c4ccccc4)c3)cc21. The molecule has 0 N–H and O–H groups in total. The molecule has 0 amide bonds. The molecule has 0 saturated heterocycles. The van der Waals surface area contributed by atoms with Crippen LogP contribution < -0.4 is 9.80 Å². The normalized spacial score (nSPS) is 12.8. The van der Waals surface area contributed by atoms with Crippen LogP contribution in [0.1, 0.15) is 49.9 Å². The van der Waals surface area contributed by atoms with Crippen molar-refractivity contribution in [1.82, 2.24) is 0 Å². The average molecular weight is 1630 g/mol. The summed E-state index contributed by atoms with van der Waals surface area (Å²) in [6.07, 6.45) is 0. The highest BCUT2D eigenvalue weighted by molar-refractivity contribution is 6.16. The van der Waals surface area contributed by atoms with Crippen LogP contribution in [0.5, 0.6) is 0 Å². The summed E-state index contributed by atoms with van der Waals surface area (Å²) in [4.78, 5) is 5.01. The van der Waals surface area contributed by atoms with E-state index in [1.807, 2.05) is 0 Å². The lowest BCUT2D eigenvalue weighted by molar-refractivity contribution is 0.660. The van der Waals surface area contributed by atoms with Crippen LogP contribution in [-0.2, 0) is 10.8 Å². The monoisotopic (exact) mass is 1630 g/mol. The third-order valence-electron chi connectivity index (χ3n) is 27.8. The molecule has 2 aliphatic rings. The minimum absolute atomic E-state index is 0.322. The smallest absolute Gasteiger partial charge is 0.0540 e. The summed E-state index contributed by atoms with van der Waals surface area (Å²) in [7, 11) is 0. The molecule has 0 unspecified atom stereocenters. The fraction of sp³-hybridized carbons (Fsp3) is 0.0476. The predicted molar refractivity (Wildman–Crippen MR) is 545 cm³/mol. The summed E-state index contributed by atoms with van der Waals surface area (Å²) in [5, 5.41) is 14.9. The maximum absolute atomic E-state index is 2.52. The number of hydrogen-bond donors (Lipinski definition) is 0. The van der Waals surface area contributed by atoms with Gasteiger partial charge in [0.05, 0.1) is 11.4 Å². The highest BCUT2D eigenvalue weighted by Crippen LogP contribution is 2.57. The first-order chi connectivity index (χ1) is 62.9. The van der Waals surface area contributed by atoms with Crippen LogP contribution >= 0.6 is 0 Å². The minimum Gasteiger partial charge on any atom is -0.310 e. The Morgan fingerprint density at radius 2 is 0.453 bits per heavy atom. The second-order valence-electron chi connectivity index (χ2n) is 35.8. The molecule has 2 aliphatic carbocycles. The number of rotatable bonds is 15. The number of benzene rings is 22. The lowest BCUT2D eigenvalue weighted by Gasteiger charge is -2.30. The first kappa shape index (κ1) is 75.7. The zero-order valence-corrected chi connectivity index (χ0v) is 71.8. The van der Waals surface area contributed by atoms with Gasteiger partial charge in [-0.05, 0) is 307 Å². The van der Waals surface area contributed by atoms with E-state index >= 15 is 0 Å². The summed E-state index contributed by atoms with van der Waals surface area (Å²) in [5.74, 6) is 0. The first-order valence-electron chi connectivity index (χ1n) is 44.7. The molecule has 0 saturated carbocycles. The molecule has 0 atom stereocenters. The molecular weight excluding hydrogens is 1540 g/mol. The van der Waals surface area contributed by atoms with Gasteiger partial charge in [0.1, 0.15) is 0 Å². The lowest BCUT2D eigenvalue weighted by Crippen LogP contribution is -2.17. The van der Waals surface area contributed by atoms with Gasteiger partial charge in [-0.3, -0.25) is 0 Å². The fourth-order valence-electron chi connectivity index (χ4n) is 21.3. The van der Waals surface area contributed by atoms with Gasteiger partial charge < -0.3 is 9.80 Å². The summed E-state index contributed by atoms with van der Waals surface area (Å²) in [5.41, 5.74) is 37.3. The van der Waals surface area contributed by atoms with Crippen molar-refractivity contribution in [3.8, 4) is 122 Å². The van der Waals surface area contributed by atoms with E-state index in [9.17, 15) is 0 Å². The molecule has 0 heterocycles. The highest BCUT2D eigenvalue weighted by atomic mass is 15.2. The van der Waals surface area contributed by atoms with Crippen LogP contribution in [0.3, 0.4) is 0 Å². The van der Waals surface area contributed by atoms with Crippen LogP contribution in [0.15, 0.2) is 461 Å². The van der Waals surface area contributed by atoms with E-state index in [2.05, 4.69) is 499 Å². The number of para-hydroxylation sites is 1. The van der Waals surface area contributed by atoms with Crippen LogP contribution in [0, 0.1) is 0 Å². The van der Waals surface area contributed by atoms with Crippen molar-refractivity contribution in [3.63, 3.8) is 0 Å². The summed E-state index contributed by atoms with van der Waals surface area (Å²) < 4.78 is 0. The Bertz CT molecular complexity index is 8230. The molecule has 128 heavy (non-hydrogen) atoms. The summed E-state index contributed by atoms with van der Waals surface area (Å²) >= 11 is 0. The molecule has 0 aliphatic heterocycles. The second-order valence-corrected chi connectivity index (χ2v) is 35.8. The van der Waals surface area contributed by atoms with E-state index < -0.39 is 0 Å². The van der Waals surface area contributed by atoms with Gasteiger partial charge in [0.15, 0.2) is 0 Å². The van der Waals surface area contributed by atoms with Crippen LogP contribution in [0.2, 0.25) is 0 Å².